The fraction of sp³-hybridized carbons (Fsp3) is 0.857. The van der Waals surface area contributed by atoms with Gasteiger partial charge in [-0.3, -0.25) is 0 Å². The van der Waals surface area contributed by atoms with Gasteiger partial charge < -0.3 is 0 Å². The van der Waals surface area contributed by atoms with Crippen LogP contribution in [-0.2, 0) is 0 Å². The third kappa shape index (κ3) is 4.14. The van der Waals surface area contributed by atoms with Crippen LogP contribution in [0.1, 0.15) is 66.2 Å². The summed E-state index contributed by atoms with van der Waals surface area (Å²) in [6.45, 7) is 9.33. The summed E-state index contributed by atoms with van der Waals surface area (Å²) in [6.07, 6.45) is 13.1. The van der Waals surface area contributed by atoms with E-state index in [9.17, 15) is 0 Å². The van der Waals surface area contributed by atoms with Gasteiger partial charge in [0.1, 0.15) is 0 Å². The van der Waals surface area contributed by atoms with E-state index in [-0.39, 0.29) is 48.0 Å². The highest BCUT2D eigenvalue weighted by Gasteiger charge is 2.34. The van der Waals surface area contributed by atoms with Crippen molar-refractivity contribution in [3.8, 4) is 0 Å². The van der Waals surface area contributed by atoms with Gasteiger partial charge in [-0.15, -0.1) is 48.0 Å². The number of hydrogen-bond donors (Lipinski definition) is 0. The minimum absolute atomic E-state index is 0. The van der Waals surface area contributed by atoms with Gasteiger partial charge in [0.05, 0.1) is 0 Å². The first-order valence-electron chi connectivity index (χ1n) is 6.36. The van der Waals surface area contributed by atoms with Gasteiger partial charge in [0.2, 0.25) is 0 Å². The first-order valence-corrected chi connectivity index (χ1v) is 6.36. The highest BCUT2D eigenvalue weighted by Crippen LogP contribution is 2.46. The summed E-state index contributed by atoms with van der Waals surface area (Å²) in [4.78, 5) is 0. The van der Waals surface area contributed by atoms with E-state index >= 15 is 0 Å². The molecule has 0 saturated heterocycles. The molecule has 0 aromatic carbocycles. The molecule has 1 aliphatic rings. The molecule has 98 valence electrons. The summed E-state index contributed by atoms with van der Waals surface area (Å²) >= 11 is 0. The van der Waals surface area contributed by atoms with Crippen molar-refractivity contribution < 1.29 is 0 Å². The van der Waals surface area contributed by atoms with Crippen LogP contribution in [0.5, 0.6) is 0 Å². The molecule has 0 unspecified atom stereocenters. The third-order valence-electron chi connectivity index (χ3n) is 4.73. The maximum Gasteiger partial charge on any atom is -0.0123 e. The molecule has 0 aliphatic heterocycles. The van der Waals surface area contributed by atoms with Crippen LogP contribution in [0.4, 0.5) is 0 Å². The van der Waals surface area contributed by atoms with Crippen molar-refractivity contribution in [1.82, 2.24) is 0 Å². The largest absolute Gasteiger partial charge is 0.107 e. The Hall–Kier alpha value is 1.20. The first kappa shape index (κ1) is 19.5. The molecule has 0 radical (unpaired) electrons. The van der Waals surface area contributed by atoms with Gasteiger partial charge in [0, 0.05) is 0 Å². The lowest BCUT2D eigenvalue weighted by molar-refractivity contribution is 0.206. The summed E-state index contributed by atoms with van der Waals surface area (Å²) in [6, 6.07) is 0. The Morgan fingerprint density at radius 1 is 0.688 bits per heavy atom. The average molecular weight is 450 g/mol. The molecule has 0 fully saturated rings. The topological polar surface area (TPSA) is 0 Å². The van der Waals surface area contributed by atoms with Gasteiger partial charge in [-0.1, -0.05) is 39.8 Å². The molecule has 0 N–H and O–H groups in total. The zero-order chi connectivity index (χ0) is 10.7. The van der Waals surface area contributed by atoms with Crippen molar-refractivity contribution in [3.05, 3.63) is 12.2 Å². The van der Waals surface area contributed by atoms with Gasteiger partial charge in [0.15, 0.2) is 0 Å². The van der Waals surface area contributed by atoms with Gasteiger partial charge in [-0.2, -0.15) is 0 Å². The molecular formula is C14H28I2. The Bertz CT molecular complexity index is 179. The Labute approximate surface area is 136 Å². The van der Waals surface area contributed by atoms with E-state index < -0.39 is 0 Å². The molecular weight excluding hydrogens is 422 g/mol. The van der Waals surface area contributed by atoms with Crippen molar-refractivity contribution in [2.24, 2.45) is 10.8 Å². The van der Waals surface area contributed by atoms with Gasteiger partial charge in [-0.25, -0.2) is 0 Å². The van der Waals surface area contributed by atoms with Crippen LogP contribution in [0.25, 0.3) is 0 Å². The SMILES string of the molecule is CCC1(CC)C=CC(CC)(CC)CC1.I.I. The summed E-state index contributed by atoms with van der Waals surface area (Å²) in [5.74, 6) is 0. The van der Waals surface area contributed by atoms with E-state index in [1.54, 1.807) is 0 Å². The van der Waals surface area contributed by atoms with Crippen LogP contribution in [-0.4, -0.2) is 0 Å². The molecule has 2 heteroatoms. The lowest BCUT2D eigenvalue weighted by Crippen LogP contribution is -2.28. The second-order valence-electron chi connectivity index (χ2n) is 4.97. The second kappa shape index (κ2) is 8.33. The zero-order valence-electron chi connectivity index (χ0n) is 11.2. The van der Waals surface area contributed by atoms with Crippen LogP contribution in [0.3, 0.4) is 0 Å². The Kier molecular flexibility index (Phi) is 10.2. The normalized spacial score (nSPS) is 20.8. The number of rotatable bonds is 4. The van der Waals surface area contributed by atoms with E-state index in [0.29, 0.717) is 10.8 Å². The molecule has 0 nitrogen and oxygen atoms in total. The molecule has 16 heavy (non-hydrogen) atoms. The van der Waals surface area contributed by atoms with Crippen molar-refractivity contribution >= 4 is 48.0 Å². The lowest BCUT2D eigenvalue weighted by Gasteiger charge is -2.40. The highest BCUT2D eigenvalue weighted by molar-refractivity contribution is 14.0. The second-order valence-corrected chi connectivity index (χ2v) is 4.97. The molecule has 0 heterocycles. The maximum atomic E-state index is 2.53. The molecule has 1 rings (SSSR count). The molecule has 0 bridgehead atoms. The number of halogens is 2. The average Bonchev–Trinajstić information content (AvgIpc) is 2.29. The summed E-state index contributed by atoms with van der Waals surface area (Å²) < 4.78 is 0. The maximum absolute atomic E-state index is 2.53. The van der Waals surface area contributed by atoms with Crippen molar-refractivity contribution in [1.29, 1.82) is 0 Å². The van der Waals surface area contributed by atoms with Crippen LogP contribution < -0.4 is 0 Å². The van der Waals surface area contributed by atoms with E-state index in [1.165, 1.54) is 38.5 Å². The number of hydrogen-bond acceptors (Lipinski definition) is 0. The summed E-state index contributed by atoms with van der Waals surface area (Å²) in [7, 11) is 0. The lowest BCUT2D eigenvalue weighted by atomic mass is 9.65. The van der Waals surface area contributed by atoms with Crippen molar-refractivity contribution in [3.63, 3.8) is 0 Å². The molecule has 0 aromatic heterocycles. The van der Waals surface area contributed by atoms with Crippen LogP contribution >= 0.6 is 48.0 Å². The molecule has 0 amide bonds. The van der Waals surface area contributed by atoms with Crippen molar-refractivity contribution in [2.75, 3.05) is 0 Å². The minimum atomic E-state index is 0. The van der Waals surface area contributed by atoms with Crippen LogP contribution in [0.2, 0.25) is 0 Å². The number of allylic oxidation sites excluding steroid dienone is 2. The van der Waals surface area contributed by atoms with E-state index in [0.717, 1.165) is 0 Å². The predicted molar refractivity (Wildman–Crippen MR) is 95.2 cm³/mol. The van der Waals surface area contributed by atoms with Crippen LogP contribution in [0, 0.1) is 10.8 Å². The standard InChI is InChI=1S/C14H26.2HI/c1-5-13(6-2)9-11-14(7-3,8-4)12-10-13;;/h9,11H,5-8,10,12H2,1-4H3;2*1H. The quantitative estimate of drug-likeness (QED) is 0.354. The highest BCUT2D eigenvalue weighted by atomic mass is 127. The van der Waals surface area contributed by atoms with Gasteiger partial charge in [0.25, 0.3) is 0 Å². The van der Waals surface area contributed by atoms with Gasteiger partial charge >= 0.3 is 0 Å². The Morgan fingerprint density at radius 3 is 1.06 bits per heavy atom. The predicted octanol–water partition coefficient (Wildman–Crippen LogP) is 6.19. The minimum Gasteiger partial charge on any atom is -0.107 e. The Balaban J connectivity index is 0. The fourth-order valence-electron chi connectivity index (χ4n) is 2.70. The Morgan fingerprint density at radius 2 is 0.938 bits per heavy atom. The van der Waals surface area contributed by atoms with E-state index in [2.05, 4.69) is 39.8 Å². The van der Waals surface area contributed by atoms with Gasteiger partial charge in [-0.05, 0) is 49.4 Å². The molecule has 0 atom stereocenters. The molecule has 1 aliphatic carbocycles. The smallest absolute Gasteiger partial charge is 0.0123 e. The first-order chi connectivity index (χ1) is 6.66. The van der Waals surface area contributed by atoms with E-state index in [4.69, 9.17) is 0 Å². The molecule has 0 aromatic rings. The third-order valence-corrected chi connectivity index (χ3v) is 4.73. The summed E-state index contributed by atoms with van der Waals surface area (Å²) in [5.41, 5.74) is 1.07. The van der Waals surface area contributed by atoms with Crippen LogP contribution in [0.15, 0.2) is 12.2 Å². The molecule has 0 saturated carbocycles. The van der Waals surface area contributed by atoms with E-state index in [1.807, 2.05) is 0 Å². The monoisotopic (exact) mass is 450 g/mol. The summed E-state index contributed by atoms with van der Waals surface area (Å²) in [5, 5.41) is 0. The van der Waals surface area contributed by atoms with Crippen molar-refractivity contribution in [2.45, 2.75) is 66.2 Å². The fourth-order valence-corrected chi connectivity index (χ4v) is 2.70. The molecule has 0 spiro atoms. The zero-order valence-corrected chi connectivity index (χ0v) is 15.9.